The summed E-state index contributed by atoms with van der Waals surface area (Å²) in [5.74, 6) is -2.35. The van der Waals surface area contributed by atoms with Crippen molar-refractivity contribution in [3.8, 4) is 0 Å². The molecule has 0 saturated heterocycles. The molecule has 134 valence electrons. The molecule has 1 fully saturated rings. The lowest BCUT2D eigenvalue weighted by Crippen LogP contribution is -2.37. The smallest absolute Gasteiger partial charge is 0.312 e. The van der Waals surface area contributed by atoms with Gasteiger partial charge in [0, 0.05) is 6.04 Å². The van der Waals surface area contributed by atoms with Gasteiger partial charge in [0.05, 0.1) is 18.8 Å². The Balaban J connectivity index is 2.31. The molecule has 0 aliphatic heterocycles. The Morgan fingerprint density at radius 1 is 1.46 bits per heavy atom. The summed E-state index contributed by atoms with van der Waals surface area (Å²) in [5.41, 5.74) is -0.995. The number of ether oxygens (including phenoxy) is 1. The van der Waals surface area contributed by atoms with Gasteiger partial charge in [0.1, 0.15) is 16.7 Å². The second kappa shape index (κ2) is 6.93. The molecule has 9 heteroatoms. The predicted octanol–water partition coefficient (Wildman–Crippen LogP) is 2.42. The SMILES string of the molecule is COC(=O)[C@@]1(Cc2ccc(F)c(Cl)c2F)CC[C@H](NS(C)(=O)=O)C1. The van der Waals surface area contributed by atoms with Gasteiger partial charge < -0.3 is 4.74 Å². The Morgan fingerprint density at radius 2 is 2.12 bits per heavy atom. The fourth-order valence-corrected chi connectivity index (χ4v) is 4.22. The molecule has 1 saturated carbocycles. The first-order valence-corrected chi connectivity index (χ1v) is 9.53. The third-order valence-corrected chi connectivity index (χ3v) is 5.36. The van der Waals surface area contributed by atoms with Crippen molar-refractivity contribution >= 4 is 27.6 Å². The summed E-state index contributed by atoms with van der Waals surface area (Å²) in [4.78, 5) is 12.3. The number of carbonyl (C=O) groups is 1. The molecule has 1 aromatic carbocycles. The lowest BCUT2D eigenvalue weighted by atomic mass is 9.79. The van der Waals surface area contributed by atoms with Crippen molar-refractivity contribution in [2.24, 2.45) is 5.41 Å². The van der Waals surface area contributed by atoms with E-state index in [0.717, 1.165) is 12.3 Å². The minimum absolute atomic E-state index is 0.0482. The summed E-state index contributed by atoms with van der Waals surface area (Å²) in [7, 11) is -2.21. The van der Waals surface area contributed by atoms with Crippen LogP contribution in [0.25, 0.3) is 0 Å². The molecule has 5 nitrogen and oxygen atoms in total. The van der Waals surface area contributed by atoms with E-state index < -0.39 is 44.1 Å². The first kappa shape index (κ1) is 19.1. The minimum Gasteiger partial charge on any atom is -0.469 e. The number of rotatable bonds is 5. The van der Waals surface area contributed by atoms with Gasteiger partial charge in [0.2, 0.25) is 10.0 Å². The van der Waals surface area contributed by atoms with Crippen molar-refractivity contribution < 1.29 is 26.7 Å². The summed E-state index contributed by atoms with van der Waals surface area (Å²) in [6.45, 7) is 0. The molecule has 0 bridgehead atoms. The van der Waals surface area contributed by atoms with Crippen LogP contribution < -0.4 is 4.72 Å². The predicted molar refractivity (Wildman–Crippen MR) is 85.1 cm³/mol. The molecular formula is C15H18ClF2NO4S. The van der Waals surface area contributed by atoms with E-state index in [2.05, 4.69) is 4.72 Å². The summed E-state index contributed by atoms with van der Waals surface area (Å²) in [6, 6.07) is 1.82. The summed E-state index contributed by atoms with van der Waals surface area (Å²) >= 11 is 5.59. The molecule has 1 aliphatic carbocycles. The summed E-state index contributed by atoms with van der Waals surface area (Å²) in [6.07, 6.45) is 1.89. The van der Waals surface area contributed by atoms with Crippen LogP contribution in [-0.2, 0) is 26.0 Å². The van der Waals surface area contributed by atoms with Crippen LogP contribution in [-0.4, -0.2) is 33.8 Å². The fraction of sp³-hybridized carbons (Fsp3) is 0.533. The summed E-state index contributed by atoms with van der Waals surface area (Å²) in [5, 5.41) is -0.628. The Hall–Kier alpha value is -1.25. The number of carbonyl (C=O) groups excluding carboxylic acids is 1. The highest BCUT2D eigenvalue weighted by Crippen LogP contribution is 2.43. The number of methoxy groups -OCH3 is 1. The molecule has 0 heterocycles. The number of hydrogen-bond donors (Lipinski definition) is 1. The maximum absolute atomic E-state index is 14.2. The molecule has 2 rings (SSSR count). The molecule has 0 aromatic heterocycles. The van der Waals surface area contributed by atoms with Crippen LogP contribution in [0.2, 0.25) is 5.02 Å². The van der Waals surface area contributed by atoms with E-state index in [4.69, 9.17) is 16.3 Å². The monoisotopic (exact) mass is 381 g/mol. The van der Waals surface area contributed by atoms with Crippen molar-refractivity contribution in [1.29, 1.82) is 0 Å². The quantitative estimate of drug-likeness (QED) is 0.628. The Bertz CT molecular complexity index is 756. The molecule has 0 amide bonds. The average Bonchev–Trinajstić information content (AvgIpc) is 2.89. The highest BCUT2D eigenvalue weighted by molar-refractivity contribution is 7.88. The first-order chi connectivity index (χ1) is 11.1. The average molecular weight is 382 g/mol. The zero-order chi connectivity index (χ0) is 18.1. The van der Waals surface area contributed by atoms with E-state index in [9.17, 15) is 22.0 Å². The van der Waals surface area contributed by atoms with Crippen molar-refractivity contribution in [2.45, 2.75) is 31.7 Å². The molecule has 24 heavy (non-hydrogen) atoms. The summed E-state index contributed by atoms with van der Waals surface area (Å²) < 4.78 is 57.6. The van der Waals surface area contributed by atoms with Gasteiger partial charge in [-0.25, -0.2) is 21.9 Å². The topological polar surface area (TPSA) is 72.5 Å². The molecule has 2 atom stereocenters. The zero-order valence-electron chi connectivity index (χ0n) is 13.2. The third kappa shape index (κ3) is 4.04. The van der Waals surface area contributed by atoms with Gasteiger partial charge in [-0.05, 0) is 37.3 Å². The van der Waals surface area contributed by atoms with Crippen LogP contribution >= 0.6 is 11.6 Å². The van der Waals surface area contributed by atoms with E-state index in [1.807, 2.05) is 0 Å². The van der Waals surface area contributed by atoms with Crippen LogP contribution in [0.1, 0.15) is 24.8 Å². The maximum atomic E-state index is 14.2. The zero-order valence-corrected chi connectivity index (χ0v) is 14.8. The lowest BCUT2D eigenvalue weighted by molar-refractivity contribution is -0.152. The van der Waals surface area contributed by atoms with Crippen LogP contribution in [0.15, 0.2) is 12.1 Å². The van der Waals surface area contributed by atoms with Crippen LogP contribution in [0, 0.1) is 17.0 Å². The molecule has 0 spiro atoms. The fourth-order valence-electron chi connectivity index (χ4n) is 3.23. The van der Waals surface area contributed by atoms with E-state index in [1.165, 1.54) is 13.2 Å². The number of nitrogens with one attached hydrogen (secondary N) is 1. The number of halogens is 3. The van der Waals surface area contributed by atoms with Gasteiger partial charge in [-0.3, -0.25) is 4.79 Å². The van der Waals surface area contributed by atoms with E-state index in [0.29, 0.717) is 12.8 Å². The van der Waals surface area contributed by atoms with Gasteiger partial charge >= 0.3 is 5.97 Å². The largest absolute Gasteiger partial charge is 0.469 e. The van der Waals surface area contributed by atoms with Crippen molar-refractivity contribution in [1.82, 2.24) is 4.72 Å². The van der Waals surface area contributed by atoms with Gasteiger partial charge in [-0.15, -0.1) is 0 Å². The van der Waals surface area contributed by atoms with Crippen LogP contribution in [0.3, 0.4) is 0 Å². The highest BCUT2D eigenvalue weighted by Gasteiger charge is 2.47. The second-order valence-corrected chi connectivity index (χ2v) is 8.27. The van der Waals surface area contributed by atoms with Gasteiger partial charge in [0.25, 0.3) is 0 Å². The third-order valence-electron chi connectivity index (χ3n) is 4.25. The molecule has 0 radical (unpaired) electrons. The van der Waals surface area contributed by atoms with E-state index in [1.54, 1.807) is 0 Å². The van der Waals surface area contributed by atoms with Crippen molar-refractivity contribution in [3.05, 3.63) is 34.4 Å². The Morgan fingerprint density at radius 3 is 2.71 bits per heavy atom. The van der Waals surface area contributed by atoms with Gasteiger partial charge in [-0.1, -0.05) is 17.7 Å². The number of hydrogen-bond acceptors (Lipinski definition) is 4. The lowest BCUT2D eigenvalue weighted by Gasteiger charge is -2.27. The number of sulfonamides is 1. The standard InChI is InChI=1S/C15H18ClF2NO4S/c1-23-14(20)15(6-5-10(8-15)19-24(2,21)22)7-9-3-4-11(17)12(16)13(9)18/h3-4,10,19H,5-8H2,1-2H3/t10-,15+/m0/s1. The van der Waals surface area contributed by atoms with E-state index in [-0.39, 0.29) is 18.4 Å². The molecule has 1 aliphatic rings. The van der Waals surface area contributed by atoms with Crippen molar-refractivity contribution in [3.63, 3.8) is 0 Å². The van der Waals surface area contributed by atoms with E-state index >= 15 is 0 Å². The number of benzene rings is 1. The Kier molecular flexibility index (Phi) is 5.51. The normalized spacial score (nSPS) is 24.1. The molecule has 1 N–H and O–H groups in total. The first-order valence-electron chi connectivity index (χ1n) is 7.26. The molecular weight excluding hydrogens is 364 g/mol. The minimum atomic E-state index is -3.43. The van der Waals surface area contributed by atoms with Crippen LogP contribution in [0.4, 0.5) is 8.78 Å². The molecule has 1 aromatic rings. The second-order valence-electron chi connectivity index (χ2n) is 6.11. The van der Waals surface area contributed by atoms with Gasteiger partial charge in [0.15, 0.2) is 0 Å². The highest BCUT2D eigenvalue weighted by atomic mass is 35.5. The van der Waals surface area contributed by atoms with Gasteiger partial charge in [-0.2, -0.15) is 0 Å². The Labute approximate surface area is 144 Å². The molecule has 0 unspecified atom stereocenters. The number of esters is 1. The van der Waals surface area contributed by atoms with Crippen LogP contribution in [0.5, 0.6) is 0 Å². The maximum Gasteiger partial charge on any atom is 0.312 e. The van der Waals surface area contributed by atoms with Crippen molar-refractivity contribution in [2.75, 3.05) is 13.4 Å².